The van der Waals surface area contributed by atoms with Gasteiger partial charge in [-0.05, 0) is 50.2 Å². The summed E-state index contributed by atoms with van der Waals surface area (Å²) in [4.78, 5) is 20.7. The van der Waals surface area contributed by atoms with Crippen molar-refractivity contribution in [1.82, 2.24) is 9.97 Å². The molecule has 0 aliphatic heterocycles. The van der Waals surface area contributed by atoms with Gasteiger partial charge in [-0.3, -0.25) is 4.79 Å². The van der Waals surface area contributed by atoms with Gasteiger partial charge < -0.3 is 5.32 Å². The van der Waals surface area contributed by atoms with Gasteiger partial charge in [0, 0.05) is 5.69 Å². The fourth-order valence-corrected chi connectivity index (χ4v) is 3.34. The lowest BCUT2D eigenvalue weighted by Crippen LogP contribution is -2.14. The van der Waals surface area contributed by atoms with Crippen molar-refractivity contribution in [3.05, 3.63) is 71.7 Å². The zero-order valence-corrected chi connectivity index (χ0v) is 16.8. The highest BCUT2D eigenvalue weighted by molar-refractivity contribution is 8.00. The van der Waals surface area contributed by atoms with Crippen molar-refractivity contribution in [2.45, 2.75) is 18.9 Å². The van der Waals surface area contributed by atoms with Gasteiger partial charge in [0.1, 0.15) is 22.5 Å². The van der Waals surface area contributed by atoms with E-state index in [4.69, 9.17) is 0 Å². The van der Waals surface area contributed by atoms with Crippen LogP contribution >= 0.6 is 11.8 Å². The van der Waals surface area contributed by atoms with Crippen molar-refractivity contribution in [2.24, 2.45) is 10.2 Å². The topological polar surface area (TPSA) is 103 Å². The molecule has 1 N–H and O–H groups in total. The summed E-state index contributed by atoms with van der Waals surface area (Å²) in [6, 6.07) is 18.6. The van der Waals surface area contributed by atoms with Crippen LogP contribution in [-0.2, 0) is 4.79 Å². The van der Waals surface area contributed by atoms with Crippen LogP contribution in [0.2, 0.25) is 0 Å². The molecule has 29 heavy (non-hydrogen) atoms. The van der Waals surface area contributed by atoms with Crippen LogP contribution in [0.15, 0.2) is 69.9 Å². The molecule has 8 heteroatoms. The van der Waals surface area contributed by atoms with Gasteiger partial charge in [0.05, 0.1) is 22.8 Å². The molecular formula is C21H18N6OS. The smallest absolute Gasteiger partial charge is 0.234 e. The van der Waals surface area contributed by atoms with Crippen LogP contribution in [-0.4, -0.2) is 21.6 Å². The number of benzene rings is 2. The number of nitrogens with one attached hydrogen (secondary N) is 1. The SMILES string of the molecule is Cc1nc(C)c(C#N)c(SCC(=O)Nc2ccc(N=Nc3ccccc3)cc2)n1. The Morgan fingerprint density at radius 1 is 1.03 bits per heavy atom. The summed E-state index contributed by atoms with van der Waals surface area (Å²) < 4.78 is 0. The molecule has 0 saturated heterocycles. The second-order valence-electron chi connectivity index (χ2n) is 6.07. The van der Waals surface area contributed by atoms with E-state index < -0.39 is 0 Å². The highest BCUT2D eigenvalue weighted by atomic mass is 32.2. The molecule has 1 heterocycles. The van der Waals surface area contributed by atoms with Crippen LogP contribution in [0.4, 0.5) is 17.1 Å². The number of carbonyl (C=O) groups is 1. The number of aryl methyl sites for hydroxylation is 2. The van der Waals surface area contributed by atoms with Gasteiger partial charge in [0.25, 0.3) is 0 Å². The van der Waals surface area contributed by atoms with Crippen molar-refractivity contribution in [2.75, 3.05) is 11.1 Å². The highest BCUT2D eigenvalue weighted by Crippen LogP contribution is 2.23. The molecule has 0 atom stereocenters. The van der Waals surface area contributed by atoms with Crippen molar-refractivity contribution in [3.8, 4) is 6.07 Å². The maximum atomic E-state index is 12.3. The minimum Gasteiger partial charge on any atom is -0.325 e. The number of hydrogen-bond donors (Lipinski definition) is 1. The van der Waals surface area contributed by atoms with E-state index in [9.17, 15) is 10.1 Å². The van der Waals surface area contributed by atoms with E-state index in [2.05, 4.69) is 31.6 Å². The molecule has 7 nitrogen and oxygen atoms in total. The molecule has 2 aromatic carbocycles. The molecule has 3 rings (SSSR count). The molecule has 0 bridgehead atoms. The highest BCUT2D eigenvalue weighted by Gasteiger charge is 2.12. The maximum Gasteiger partial charge on any atom is 0.234 e. The Labute approximate surface area is 172 Å². The first-order valence-corrected chi connectivity index (χ1v) is 9.78. The molecule has 0 radical (unpaired) electrons. The first-order valence-electron chi connectivity index (χ1n) is 8.80. The van der Waals surface area contributed by atoms with Gasteiger partial charge in [0.2, 0.25) is 5.91 Å². The summed E-state index contributed by atoms with van der Waals surface area (Å²) in [5, 5.41) is 20.9. The number of carbonyl (C=O) groups excluding carboxylic acids is 1. The predicted octanol–water partition coefficient (Wildman–Crippen LogP) is 5.11. The molecule has 0 saturated carbocycles. The lowest BCUT2D eigenvalue weighted by Gasteiger charge is -2.07. The Hall–Kier alpha value is -3.57. The van der Waals surface area contributed by atoms with Gasteiger partial charge >= 0.3 is 0 Å². The minimum absolute atomic E-state index is 0.139. The summed E-state index contributed by atoms with van der Waals surface area (Å²) in [6.07, 6.45) is 0. The van der Waals surface area contributed by atoms with Crippen molar-refractivity contribution in [3.63, 3.8) is 0 Å². The zero-order valence-electron chi connectivity index (χ0n) is 16.0. The minimum atomic E-state index is -0.188. The number of hydrogen-bond acceptors (Lipinski definition) is 7. The van der Waals surface area contributed by atoms with Crippen molar-refractivity contribution in [1.29, 1.82) is 5.26 Å². The first-order chi connectivity index (χ1) is 14.0. The zero-order chi connectivity index (χ0) is 20.6. The maximum absolute atomic E-state index is 12.3. The largest absolute Gasteiger partial charge is 0.325 e. The summed E-state index contributed by atoms with van der Waals surface area (Å²) in [7, 11) is 0. The van der Waals surface area contributed by atoms with Crippen LogP contribution in [0.5, 0.6) is 0 Å². The molecule has 0 unspecified atom stereocenters. The number of aromatic nitrogens is 2. The van der Waals surface area contributed by atoms with Crippen molar-refractivity contribution >= 4 is 34.7 Å². The Kier molecular flexibility index (Phi) is 6.66. The molecule has 0 aliphatic carbocycles. The van der Waals surface area contributed by atoms with Gasteiger partial charge in [-0.25, -0.2) is 9.97 Å². The van der Waals surface area contributed by atoms with E-state index in [1.165, 1.54) is 11.8 Å². The Balaban J connectivity index is 1.58. The van der Waals surface area contributed by atoms with Gasteiger partial charge in [0.15, 0.2) is 0 Å². The fourth-order valence-electron chi connectivity index (χ4n) is 2.47. The van der Waals surface area contributed by atoms with E-state index in [1.54, 1.807) is 38.1 Å². The number of anilines is 1. The van der Waals surface area contributed by atoms with Crippen LogP contribution in [0.1, 0.15) is 17.1 Å². The molecule has 0 aliphatic rings. The van der Waals surface area contributed by atoms with Crippen molar-refractivity contribution < 1.29 is 4.79 Å². The number of thioether (sulfide) groups is 1. The summed E-state index contributed by atoms with van der Waals surface area (Å²) in [6.45, 7) is 3.52. The van der Waals surface area contributed by atoms with Gasteiger partial charge in [-0.15, -0.1) is 0 Å². The Bertz CT molecular complexity index is 1070. The molecule has 144 valence electrons. The second-order valence-corrected chi connectivity index (χ2v) is 7.03. The normalized spacial score (nSPS) is 10.7. The summed E-state index contributed by atoms with van der Waals surface area (Å²) in [5.74, 6) is 0.524. The lowest BCUT2D eigenvalue weighted by molar-refractivity contribution is -0.113. The van der Waals surface area contributed by atoms with Gasteiger partial charge in [-0.2, -0.15) is 15.5 Å². The fraction of sp³-hybridized carbons (Fsp3) is 0.143. The number of amides is 1. The number of azo groups is 1. The molecule has 0 fully saturated rings. The van der Waals surface area contributed by atoms with E-state index in [1.807, 2.05) is 30.3 Å². The molecule has 1 amide bonds. The second kappa shape index (κ2) is 9.57. The standard InChI is InChI=1S/C21H18N6OS/c1-14-19(12-22)21(24-15(2)23-14)29-13-20(28)25-16-8-10-18(11-9-16)27-26-17-6-4-3-5-7-17/h3-11H,13H2,1-2H3,(H,25,28). The molecular weight excluding hydrogens is 384 g/mol. The van der Waals surface area contributed by atoms with Crippen LogP contribution < -0.4 is 5.32 Å². The Morgan fingerprint density at radius 2 is 1.69 bits per heavy atom. The third-order valence-electron chi connectivity index (χ3n) is 3.81. The third-order valence-corrected chi connectivity index (χ3v) is 4.78. The number of nitriles is 1. The average molecular weight is 402 g/mol. The average Bonchev–Trinajstić information content (AvgIpc) is 2.72. The van der Waals surface area contributed by atoms with Crippen LogP contribution in [0, 0.1) is 25.2 Å². The van der Waals surface area contributed by atoms with E-state index in [0.717, 1.165) is 5.69 Å². The van der Waals surface area contributed by atoms with E-state index in [-0.39, 0.29) is 11.7 Å². The number of nitrogens with zero attached hydrogens (tertiary/aromatic N) is 5. The van der Waals surface area contributed by atoms with Crippen LogP contribution in [0.25, 0.3) is 0 Å². The monoisotopic (exact) mass is 402 g/mol. The summed E-state index contributed by atoms with van der Waals surface area (Å²) >= 11 is 1.22. The third kappa shape index (κ3) is 5.70. The predicted molar refractivity (Wildman–Crippen MR) is 113 cm³/mol. The number of rotatable bonds is 6. The summed E-state index contributed by atoms with van der Waals surface area (Å²) in [5.41, 5.74) is 3.13. The lowest BCUT2D eigenvalue weighted by atomic mass is 10.3. The van der Waals surface area contributed by atoms with Gasteiger partial charge in [-0.1, -0.05) is 30.0 Å². The molecule has 1 aromatic heterocycles. The van der Waals surface area contributed by atoms with E-state index >= 15 is 0 Å². The molecule has 3 aromatic rings. The molecule has 0 spiro atoms. The quantitative estimate of drug-likeness (QED) is 0.350. The first kappa shape index (κ1) is 20.2. The van der Waals surface area contributed by atoms with E-state index in [0.29, 0.717) is 33.5 Å². The Morgan fingerprint density at radius 3 is 2.34 bits per heavy atom. The van der Waals surface area contributed by atoms with Crippen LogP contribution in [0.3, 0.4) is 0 Å².